The molecule has 168 valence electrons. The molecule has 0 aliphatic carbocycles. The second-order valence-corrected chi connectivity index (χ2v) is 7.84. The van der Waals surface area contributed by atoms with Gasteiger partial charge in [-0.05, 0) is 52.2 Å². The van der Waals surface area contributed by atoms with Crippen molar-refractivity contribution in [1.29, 1.82) is 5.26 Å². The Morgan fingerprint density at radius 3 is 2.41 bits per heavy atom. The van der Waals surface area contributed by atoms with Gasteiger partial charge in [-0.25, -0.2) is 0 Å². The smallest absolute Gasteiger partial charge is 0.248 e. The SMILES string of the molecule is N#Cc1cc(C(N)=O)ccc1O.NCc1cccc2c1ccn2Cc1cccc2ccccc12. The number of hydrogen-bond acceptors (Lipinski definition) is 4. The van der Waals surface area contributed by atoms with Crippen LogP contribution in [0.15, 0.2) is 91.1 Å². The van der Waals surface area contributed by atoms with Crippen molar-refractivity contribution >= 4 is 27.6 Å². The molecule has 0 atom stereocenters. The van der Waals surface area contributed by atoms with Crippen LogP contribution in [0.4, 0.5) is 0 Å². The zero-order valence-corrected chi connectivity index (χ0v) is 18.5. The summed E-state index contributed by atoms with van der Waals surface area (Å²) in [6.07, 6.45) is 2.16. The normalized spacial score (nSPS) is 10.5. The van der Waals surface area contributed by atoms with E-state index in [9.17, 15) is 4.79 Å². The second kappa shape index (κ2) is 9.90. The van der Waals surface area contributed by atoms with E-state index in [1.807, 2.05) is 0 Å². The first kappa shape index (κ1) is 22.6. The molecular weight excluding hydrogens is 424 g/mol. The highest BCUT2D eigenvalue weighted by molar-refractivity contribution is 5.93. The zero-order chi connectivity index (χ0) is 24.1. The van der Waals surface area contributed by atoms with Gasteiger partial charge < -0.3 is 21.1 Å². The molecule has 0 bridgehead atoms. The highest BCUT2D eigenvalue weighted by Crippen LogP contribution is 2.24. The van der Waals surface area contributed by atoms with E-state index in [0.29, 0.717) is 6.54 Å². The van der Waals surface area contributed by atoms with Gasteiger partial charge in [0.05, 0.1) is 5.56 Å². The van der Waals surface area contributed by atoms with E-state index in [0.717, 1.165) is 6.54 Å². The van der Waals surface area contributed by atoms with Gasteiger partial charge in [-0.15, -0.1) is 0 Å². The molecule has 6 nitrogen and oxygen atoms in total. The van der Waals surface area contributed by atoms with Gasteiger partial charge in [0.1, 0.15) is 11.8 Å². The minimum absolute atomic E-state index is 0.0475. The number of aromatic hydroxyl groups is 1. The molecule has 34 heavy (non-hydrogen) atoms. The van der Waals surface area contributed by atoms with Gasteiger partial charge >= 0.3 is 0 Å². The Hall–Kier alpha value is -4.60. The number of primary amides is 1. The summed E-state index contributed by atoms with van der Waals surface area (Å²) in [5.74, 6) is -0.769. The molecule has 0 aliphatic rings. The molecule has 5 aromatic rings. The number of fused-ring (bicyclic) bond motifs is 2. The van der Waals surface area contributed by atoms with E-state index < -0.39 is 5.91 Å². The Labute approximate surface area is 197 Å². The fourth-order valence-electron chi connectivity index (χ4n) is 4.00. The van der Waals surface area contributed by atoms with Crippen molar-refractivity contribution in [2.24, 2.45) is 11.5 Å². The number of nitrogens with two attached hydrogens (primary N) is 2. The molecule has 0 aliphatic heterocycles. The summed E-state index contributed by atoms with van der Waals surface area (Å²) in [6.45, 7) is 1.45. The monoisotopic (exact) mass is 448 g/mol. The van der Waals surface area contributed by atoms with Crippen LogP contribution in [0.5, 0.6) is 5.75 Å². The lowest BCUT2D eigenvalue weighted by atomic mass is 10.0. The summed E-state index contributed by atoms with van der Waals surface area (Å²) < 4.78 is 2.30. The van der Waals surface area contributed by atoms with Gasteiger partial charge in [0.15, 0.2) is 0 Å². The average molecular weight is 449 g/mol. The predicted octanol–water partition coefficient (Wildman–Crippen LogP) is 4.66. The van der Waals surface area contributed by atoms with E-state index in [1.165, 1.54) is 51.0 Å². The topological polar surface area (TPSA) is 118 Å². The van der Waals surface area contributed by atoms with Crippen molar-refractivity contribution in [1.82, 2.24) is 4.57 Å². The minimum Gasteiger partial charge on any atom is -0.507 e. The fraction of sp³-hybridized carbons (Fsp3) is 0.0714. The van der Waals surface area contributed by atoms with E-state index in [-0.39, 0.29) is 16.9 Å². The van der Waals surface area contributed by atoms with Crippen molar-refractivity contribution in [2.45, 2.75) is 13.1 Å². The van der Waals surface area contributed by atoms with Crippen molar-refractivity contribution < 1.29 is 9.90 Å². The van der Waals surface area contributed by atoms with Crippen LogP contribution < -0.4 is 11.5 Å². The maximum Gasteiger partial charge on any atom is 0.248 e. The van der Waals surface area contributed by atoms with Gasteiger partial charge in [-0.3, -0.25) is 4.79 Å². The minimum atomic E-state index is -0.619. The summed E-state index contributed by atoms with van der Waals surface area (Å²) in [4.78, 5) is 10.6. The van der Waals surface area contributed by atoms with Gasteiger partial charge in [0.25, 0.3) is 0 Å². The van der Waals surface area contributed by atoms with Crippen molar-refractivity contribution in [3.05, 3.63) is 113 Å². The number of hydrogen-bond donors (Lipinski definition) is 3. The van der Waals surface area contributed by atoms with Crippen molar-refractivity contribution in [3.8, 4) is 11.8 Å². The summed E-state index contributed by atoms with van der Waals surface area (Å²) in [6, 6.07) is 29.2. The van der Waals surface area contributed by atoms with Crippen LogP contribution in [-0.2, 0) is 13.1 Å². The van der Waals surface area contributed by atoms with Crippen molar-refractivity contribution in [3.63, 3.8) is 0 Å². The number of nitrogens with zero attached hydrogens (tertiary/aromatic N) is 2. The highest BCUT2D eigenvalue weighted by atomic mass is 16.3. The van der Waals surface area contributed by atoms with Gasteiger partial charge in [-0.1, -0.05) is 54.6 Å². The summed E-state index contributed by atoms with van der Waals surface area (Å²) >= 11 is 0. The van der Waals surface area contributed by atoms with Crippen LogP contribution in [0.25, 0.3) is 21.7 Å². The Morgan fingerprint density at radius 2 is 1.65 bits per heavy atom. The molecule has 5 rings (SSSR count). The number of aromatic nitrogens is 1. The van der Waals surface area contributed by atoms with Crippen LogP contribution in [0.2, 0.25) is 0 Å². The van der Waals surface area contributed by atoms with Gasteiger partial charge in [0, 0.05) is 35.8 Å². The number of benzene rings is 4. The largest absolute Gasteiger partial charge is 0.507 e. The Morgan fingerprint density at radius 1 is 0.912 bits per heavy atom. The van der Waals surface area contributed by atoms with Crippen LogP contribution in [0.3, 0.4) is 0 Å². The van der Waals surface area contributed by atoms with Crippen LogP contribution in [0, 0.1) is 11.3 Å². The molecule has 6 heteroatoms. The molecule has 0 spiro atoms. The average Bonchev–Trinajstić information content (AvgIpc) is 3.28. The lowest BCUT2D eigenvalue weighted by Crippen LogP contribution is -2.10. The lowest BCUT2D eigenvalue weighted by Gasteiger charge is -2.10. The van der Waals surface area contributed by atoms with Crippen LogP contribution >= 0.6 is 0 Å². The first-order valence-electron chi connectivity index (χ1n) is 10.8. The van der Waals surface area contributed by atoms with E-state index in [1.54, 1.807) is 6.07 Å². The van der Waals surface area contributed by atoms with Gasteiger partial charge in [-0.2, -0.15) is 5.26 Å². The molecule has 5 N–H and O–H groups in total. The van der Waals surface area contributed by atoms with E-state index >= 15 is 0 Å². The molecule has 1 heterocycles. The zero-order valence-electron chi connectivity index (χ0n) is 18.5. The summed E-state index contributed by atoms with van der Waals surface area (Å²) in [5, 5.41) is 21.4. The number of carbonyl (C=O) groups is 1. The number of phenols is 1. The Kier molecular flexibility index (Phi) is 6.58. The first-order chi connectivity index (χ1) is 16.5. The van der Waals surface area contributed by atoms with Gasteiger partial charge in [0.2, 0.25) is 5.91 Å². The summed E-state index contributed by atoms with van der Waals surface area (Å²) in [7, 11) is 0. The third-order valence-electron chi connectivity index (χ3n) is 5.75. The molecule has 0 unspecified atom stereocenters. The van der Waals surface area contributed by atoms with Crippen LogP contribution in [-0.4, -0.2) is 15.6 Å². The number of amides is 1. The molecule has 1 amide bonds. The maximum absolute atomic E-state index is 10.6. The highest BCUT2D eigenvalue weighted by Gasteiger charge is 2.07. The molecule has 1 aromatic heterocycles. The quantitative estimate of drug-likeness (QED) is 0.370. The molecule has 0 fully saturated rings. The van der Waals surface area contributed by atoms with Crippen molar-refractivity contribution in [2.75, 3.05) is 0 Å². The van der Waals surface area contributed by atoms with Crippen LogP contribution in [0.1, 0.15) is 27.0 Å². The second-order valence-electron chi connectivity index (χ2n) is 7.84. The summed E-state index contributed by atoms with van der Waals surface area (Å²) in [5.41, 5.74) is 14.9. The first-order valence-corrected chi connectivity index (χ1v) is 10.8. The molecular formula is C28H24N4O2. The lowest BCUT2D eigenvalue weighted by molar-refractivity contribution is 0.1000. The number of nitriles is 1. The maximum atomic E-state index is 10.6. The molecule has 4 aromatic carbocycles. The Bertz CT molecular complexity index is 1520. The van der Waals surface area contributed by atoms with E-state index in [4.69, 9.17) is 21.8 Å². The standard InChI is InChI=1S/C20H18N2.C8H6N2O2/c21-13-16-7-4-10-20-19(16)11-12-22(20)14-17-8-3-6-15-5-1-2-9-18(15)17;9-4-6-3-5(8(10)12)1-2-7(6)11/h1-12H,13-14,21H2;1-3,11H,(H2,10,12). The number of phenolic OH excluding ortho intramolecular Hbond substituents is 1. The number of rotatable bonds is 4. The molecule has 0 radical (unpaired) electrons. The molecule has 0 saturated carbocycles. The predicted molar refractivity (Wildman–Crippen MR) is 134 cm³/mol. The fourth-order valence-corrected chi connectivity index (χ4v) is 4.00. The number of carbonyl (C=O) groups excluding carboxylic acids is 1. The van der Waals surface area contributed by atoms with E-state index in [2.05, 4.69) is 77.5 Å². The third-order valence-corrected chi connectivity index (χ3v) is 5.75. The third kappa shape index (κ3) is 4.60. The molecule has 0 saturated heterocycles. The Balaban J connectivity index is 0.000000195.